The highest BCUT2D eigenvalue weighted by atomic mass is 19.3. The maximum absolute atomic E-state index is 13.5. The highest BCUT2D eigenvalue weighted by Gasteiger charge is 2.24. The molecule has 1 aromatic carbocycles. The van der Waals surface area contributed by atoms with Gasteiger partial charge in [-0.25, -0.2) is 18.7 Å². The van der Waals surface area contributed by atoms with E-state index in [9.17, 15) is 13.9 Å². The van der Waals surface area contributed by atoms with Crippen LogP contribution < -0.4 is 10.6 Å². The zero-order valence-corrected chi connectivity index (χ0v) is 15.8. The lowest BCUT2D eigenvalue weighted by molar-refractivity contribution is 0.144. The topological polar surface area (TPSA) is 112 Å². The average molecular weight is 411 g/mol. The number of alkyl halides is 2. The van der Waals surface area contributed by atoms with Crippen molar-refractivity contribution >= 4 is 11.6 Å². The minimum Gasteiger partial charge on any atom is -0.374 e. The lowest BCUT2D eigenvalue weighted by Gasteiger charge is -2.13. The summed E-state index contributed by atoms with van der Waals surface area (Å²) in [6, 6.07) is 8.67. The Hall–Kier alpha value is -3.42. The molecule has 0 bridgehead atoms. The van der Waals surface area contributed by atoms with E-state index in [0.29, 0.717) is 22.9 Å². The maximum Gasteiger partial charge on any atom is 0.267 e. The number of aliphatic hydroxyl groups excluding tert-OH is 1. The third-order valence-corrected chi connectivity index (χ3v) is 4.71. The summed E-state index contributed by atoms with van der Waals surface area (Å²) in [4.78, 5) is 8.30. The van der Waals surface area contributed by atoms with Crippen LogP contribution in [-0.2, 0) is 0 Å². The Kier molecular flexibility index (Phi) is 5.65. The van der Waals surface area contributed by atoms with E-state index in [-0.39, 0.29) is 23.8 Å². The number of aliphatic hydroxyl groups is 1. The van der Waals surface area contributed by atoms with Crippen LogP contribution >= 0.6 is 0 Å². The molecule has 1 aliphatic rings. The molecular weight excluding hydrogens is 392 g/mol. The van der Waals surface area contributed by atoms with Gasteiger partial charge in [-0.2, -0.15) is 10.4 Å². The van der Waals surface area contributed by atoms with Crippen LogP contribution in [0, 0.1) is 11.3 Å². The second-order valence-electron chi connectivity index (χ2n) is 6.93. The molecule has 0 radical (unpaired) electrons. The third-order valence-electron chi connectivity index (χ3n) is 4.71. The van der Waals surface area contributed by atoms with Crippen molar-refractivity contribution in [2.75, 3.05) is 11.9 Å². The molecule has 1 atom stereocenters. The monoisotopic (exact) mass is 411 g/mol. The van der Waals surface area contributed by atoms with Crippen LogP contribution in [0.1, 0.15) is 42.7 Å². The van der Waals surface area contributed by atoms with Crippen LogP contribution in [0.15, 0.2) is 42.9 Å². The molecule has 1 fully saturated rings. The Labute approximate surface area is 171 Å². The van der Waals surface area contributed by atoms with Gasteiger partial charge in [0.05, 0.1) is 41.8 Å². The molecule has 4 rings (SSSR count). The Morgan fingerprint density at radius 2 is 2.00 bits per heavy atom. The minimum absolute atomic E-state index is 0.0171. The molecular formula is C20H19F2N7O. The van der Waals surface area contributed by atoms with Gasteiger partial charge in [-0.3, -0.25) is 10.00 Å². The van der Waals surface area contributed by atoms with Crippen molar-refractivity contribution in [2.45, 2.75) is 31.5 Å². The van der Waals surface area contributed by atoms with E-state index in [4.69, 9.17) is 5.26 Å². The third kappa shape index (κ3) is 4.42. The lowest BCUT2D eigenvalue weighted by Crippen LogP contribution is -2.20. The molecule has 1 unspecified atom stereocenters. The largest absolute Gasteiger partial charge is 0.374 e. The molecule has 8 nitrogen and oxygen atoms in total. The number of halogens is 2. The molecule has 154 valence electrons. The van der Waals surface area contributed by atoms with E-state index in [1.54, 1.807) is 30.5 Å². The Balaban J connectivity index is 1.58. The van der Waals surface area contributed by atoms with Gasteiger partial charge in [0.15, 0.2) is 0 Å². The molecule has 1 aliphatic carbocycles. The SMILES string of the molecule is N#CCNC(O)c1ccc(-c2nc(Nc3cnn(C4CC4)c3)ncc2C(F)F)cc1. The second-order valence-corrected chi connectivity index (χ2v) is 6.93. The number of nitriles is 1. The van der Waals surface area contributed by atoms with E-state index in [2.05, 4.69) is 25.7 Å². The van der Waals surface area contributed by atoms with Crippen molar-refractivity contribution in [3.63, 3.8) is 0 Å². The number of aromatic nitrogens is 4. The van der Waals surface area contributed by atoms with E-state index >= 15 is 0 Å². The van der Waals surface area contributed by atoms with Crippen molar-refractivity contribution < 1.29 is 13.9 Å². The number of hydrogen-bond acceptors (Lipinski definition) is 7. The number of benzene rings is 1. The molecule has 0 aliphatic heterocycles. The molecule has 3 N–H and O–H groups in total. The number of rotatable bonds is 8. The van der Waals surface area contributed by atoms with Crippen LogP contribution in [0.25, 0.3) is 11.3 Å². The summed E-state index contributed by atoms with van der Waals surface area (Å²) in [6.07, 6.45) is 3.02. The molecule has 3 aromatic rings. The van der Waals surface area contributed by atoms with Crippen molar-refractivity contribution in [3.05, 3.63) is 54.0 Å². The van der Waals surface area contributed by atoms with Gasteiger partial charge in [0.25, 0.3) is 6.43 Å². The van der Waals surface area contributed by atoms with Gasteiger partial charge < -0.3 is 10.4 Å². The molecule has 30 heavy (non-hydrogen) atoms. The predicted molar refractivity (Wildman–Crippen MR) is 105 cm³/mol. The molecule has 0 saturated heterocycles. The molecule has 0 spiro atoms. The highest BCUT2D eigenvalue weighted by molar-refractivity contribution is 5.66. The first kappa shape index (κ1) is 19.9. The van der Waals surface area contributed by atoms with E-state index < -0.39 is 12.7 Å². The summed E-state index contributed by atoms with van der Waals surface area (Å²) in [6.45, 7) is -0.0171. The molecule has 0 amide bonds. The number of hydrogen-bond donors (Lipinski definition) is 3. The second kappa shape index (κ2) is 8.52. The number of anilines is 2. The zero-order valence-electron chi connectivity index (χ0n) is 15.8. The highest BCUT2D eigenvalue weighted by Crippen LogP contribution is 2.35. The zero-order chi connectivity index (χ0) is 21.1. The van der Waals surface area contributed by atoms with Crippen molar-refractivity contribution in [3.8, 4) is 17.3 Å². The average Bonchev–Trinajstić information content (AvgIpc) is 3.51. The van der Waals surface area contributed by atoms with Crippen LogP contribution in [0.3, 0.4) is 0 Å². The van der Waals surface area contributed by atoms with Gasteiger partial charge in [-0.15, -0.1) is 0 Å². The van der Waals surface area contributed by atoms with Gasteiger partial charge in [0.2, 0.25) is 5.95 Å². The smallest absolute Gasteiger partial charge is 0.267 e. The fourth-order valence-corrected chi connectivity index (χ4v) is 3.00. The summed E-state index contributed by atoms with van der Waals surface area (Å²) in [5, 5.41) is 28.5. The first-order valence-corrected chi connectivity index (χ1v) is 9.40. The fraction of sp³-hybridized carbons (Fsp3) is 0.300. The Morgan fingerprint density at radius 1 is 1.23 bits per heavy atom. The first-order chi connectivity index (χ1) is 14.5. The normalized spacial score (nSPS) is 14.5. The maximum atomic E-state index is 13.5. The van der Waals surface area contributed by atoms with Gasteiger partial charge in [0, 0.05) is 18.0 Å². The fourth-order valence-electron chi connectivity index (χ4n) is 3.00. The van der Waals surface area contributed by atoms with Crippen LogP contribution in [0.2, 0.25) is 0 Å². The minimum atomic E-state index is -2.74. The predicted octanol–water partition coefficient (Wildman–Crippen LogP) is 3.46. The van der Waals surface area contributed by atoms with E-state index in [1.165, 1.54) is 0 Å². The summed E-state index contributed by atoms with van der Waals surface area (Å²) >= 11 is 0. The Morgan fingerprint density at radius 3 is 2.67 bits per heavy atom. The Bertz CT molecular complexity index is 1060. The van der Waals surface area contributed by atoms with Crippen LogP contribution in [0.5, 0.6) is 0 Å². The standard InChI is InChI=1S/C20H19F2N7O/c21-18(22)16-10-25-20(27-14-9-26-29(11-14)15-5-6-15)28-17(16)12-1-3-13(4-2-12)19(30)24-8-7-23/h1-4,9-11,15,18-19,24,30H,5-6,8H2,(H,25,27,28). The first-order valence-electron chi connectivity index (χ1n) is 9.40. The van der Waals surface area contributed by atoms with E-state index in [1.807, 2.05) is 16.9 Å². The van der Waals surface area contributed by atoms with Crippen molar-refractivity contribution in [1.82, 2.24) is 25.1 Å². The van der Waals surface area contributed by atoms with Crippen LogP contribution in [-0.4, -0.2) is 31.4 Å². The summed E-state index contributed by atoms with van der Waals surface area (Å²) < 4.78 is 28.9. The van der Waals surface area contributed by atoms with Crippen molar-refractivity contribution in [2.24, 2.45) is 0 Å². The van der Waals surface area contributed by atoms with Gasteiger partial charge in [-0.1, -0.05) is 24.3 Å². The molecule has 10 heteroatoms. The van der Waals surface area contributed by atoms with Gasteiger partial charge >= 0.3 is 0 Å². The van der Waals surface area contributed by atoms with Crippen molar-refractivity contribution in [1.29, 1.82) is 5.26 Å². The molecule has 2 heterocycles. The summed E-state index contributed by atoms with van der Waals surface area (Å²) in [5.74, 6) is 0.185. The van der Waals surface area contributed by atoms with Crippen LogP contribution in [0.4, 0.5) is 20.4 Å². The van der Waals surface area contributed by atoms with E-state index in [0.717, 1.165) is 19.0 Å². The lowest BCUT2D eigenvalue weighted by atomic mass is 10.0. The quantitative estimate of drug-likeness (QED) is 0.384. The number of nitrogens with zero attached hydrogens (tertiary/aromatic N) is 5. The summed E-state index contributed by atoms with van der Waals surface area (Å²) in [5.41, 5.74) is 1.46. The van der Waals surface area contributed by atoms with Gasteiger partial charge in [-0.05, 0) is 18.4 Å². The number of nitrogens with one attached hydrogen (secondary N) is 2. The van der Waals surface area contributed by atoms with Gasteiger partial charge in [0.1, 0.15) is 6.23 Å². The molecule has 2 aromatic heterocycles. The summed E-state index contributed by atoms with van der Waals surface area (Å²) in [7, 11) is 0. The molecule has 1 saturated carbocycles.